The maximum Gasteiger partial charge on any atom is 0.232 e. The maximum atomic E-state index is 13.3. The Morgan fingerprint density at radius 3 is 2.71 bits per heavy atom. The number of piperidine rings is 1. The molecule has 0 atom stereocenters. The molecule has 0 spiro atoms. The van der Waals surface area contributed by atoms with Gasteiger partial charge in [-0.2, -0.15) is 0 Å². The molecule has 2 aromatic rings. The summed E-state index contributed by atoms with van der Waals surface area (Å²) in [5, 5.41) is 11.9. The number of halogens is 3. The number of rotatable bonds is 4. The fraction of sp³-hybridized carbons (Fsp3) is 0.500. The molecule has 1 amide bonds. The number of aromatic nitrogens is 3. The number of thioether (sulfide) groups is 1. The molecule has 0 unspecified atom stereocenters. The van der Waals surface area contributed by atoms with E-state index in [-0.39, 0.29) is 24.1 Å². The first-order chi connectivity index (χ1) is 13.1. The molecule has 6 nitrogen and oxygen atoms in total. The number of hydrogen-bond acceptors (Lipinski definition) is 5. The molecule has 0 aliphatic carbocycles. The molecule has 28 heavy (non-hydrogen) atoms. The van der Waals surface area contributed by atoms with Crippen LogP contribution < -0.4 is 5.32 Å². The van der Waals surface area contributed by atoms with Gasteiger partial charge in [0.25, 0.3) is 0 Å². The number of fused-ring (bicyclic) bond motifs is 1. The van der Waals surface area contributed by atoms with E-state index in [1.807, 2.05) is 4.90 Å². The zero-order valence-electron chi connectivity index (χ0n) is 15.2. The number of carbonyl (C=O) groups excluding carboxylic acids is 1. The first kappa shape index (κ1) is 21.0. The summed E-state index contributed by atoms with van der Waals surface area (Å²) >= 11 is 1.23. The highest BCUT2D eigenvalue weighted by Gasteiger charge is 2.28. The Bertz CT molecular complexity index is 841. The normalized spacial score (nSPS) is 17.1. The Morgan fingerprint density at radius 1 is 1.18 bits per heavy atom. The fourth-order valence-corrected chi connectivity index (χ4v) is 4.43. The number of amides is 1. The van der Waals surface area contributed by atoms with E-state index in [0.29, 0.717) is 23.9 Å². The van der Waals surface area contributed by atoms with E-state index in [1.165, 1.54) is 17.8 Å². The first-order valence-corrected chi connectivity index (χ1v) is 10.1. The minimum Gasteiger partial charge on any atom is -0.342 e. The van der Waals surface area contributed by atoms with Gasteiger partial charge in [-0.05, 0) is 31.0 Å². The van der Waals surface area contributed by atoms with Crippen LogP contribution in [-0.4, -0.2) is 51.0 Å². The highest BCUT2D eigenvalue weighted by Crippen LogP contribution is 2.28. The predicted octanol–water partition coefficient (Wildman–Crippen LogP) is 2.58. The molecule has 3 heterocycles. The summed E-state index contributed by atoms with van der Waals surface area (Å²) in [4.78, 5) is 14.8. The summed E-state index contributed by atoms with van der Waals surface area (Å²) in [5.74, 6) is 0.830. The van der Waals surface area contributed by atoms with Gasteiger partial charge in [-0.3, -0.25) is 4.79 Å². The predicted molar refractivity (Wildman–Crippen MR) is 105 cm³/mol. The average Bonchev–Trinajstić information content (AvgIpc) is 3.13. The van der Waals surface area contributed by atoms with Crippen molar-refractivity contribution in [2.45, 2.75) is 36.7 Å². The zero-order valence-corrected chi connectivity index (χ0v) is 16.9. The molecule has 0 saturated carbocycles. The lowest BCUT2D eigenvalue weighted by Crippen LogP contribution is -2.39. The second-order valence-corrected chi connectivity index (χ2v) is 7.87. The molecule has 4 rings (SSSR count). The third-order valence-electron chi connectivity index (χ3n) is 5.12. The van der Waals surface area contributed by atoms with Gasteiger partial charge in [-0.25, -0.2) is 8.78 Å². The lowest BCUT2D eigenvalue weighted by molar-refractivity contribution is -0.129. The molecule has 1 saturated heterocycles. The highest BCUT2D eigenvalue weighted by atomic mass is 35.5. The van der Waals surface area contributed by atoms with Crippen LogP contribution in [-0.2, 0) is 17.9 Å². The summed E-state index contributed by atoms with van der Waals surface area (Å²) in [6.45, 7) is 3.94. The molecule has 1 fully saturated rings. The van der Waals surface area contributed by atoms with Crippen LogP contribution in [0, 0.1) is 11.6 Å². The van der Waals surface area contributed by atoms with Crippen molar-refractivity contribution < 1.29 is 13.6 Å². The molecule has 1 aromatic carbocycles. The Kier molecular flexibility index (Phi) is 6.90. The minimum absolute atomic E-state index is 0. The van der Waals surface area contributed by atoms with Crippen LogP contribution in [0.15, 0.2) is 23.1 Å². The van der Waals surface area contributed by atoms with E-state index in [2.05, 4.69) is 20.1 Å². The van der Waals surface area contributed by atoms with Crippen molar-refractivity contribution in [3.05, 3.63) is 41.5 Å². The van der Waals surface area contributed by atoms with E-state index in [1.54, 1.807) is 0 Å². The summed E-state index contributed by atoms with van der Waals surface area (Å²) in [6.07, 6.45) is 1.74. The SMILES string of the molecule is Cl.O=C(CSc1ccc(F)c(F)c1)N1CCC(c2nnc3n2CCNC3)CC1. The quantitative estimate of drug-likeness (QED) is 0.757. The largest absolute Gasteiger partial charge is 0.342 e. The van der Waals surface area contributed by atoms with E-state index in [0.717, 1.165) is 56.3 Å². The number of nitrogens with one attached hydrogen (secondary N) is 1. The zero-order chi connectivity index (χ0) is 18.8. The number of carbonyl (C=O) groups is 1. The maximum absolute atomic E-state index is 13.3. The Balaban J connectivity index is 0.00000225. The fourth-order valence-electron chi connectivity index (χ4n) is 3.61. The lowest BCUT2D eigenvalue weighted by Gasteiger charge is -2.32. The number of hydrogen-bond donors (Lipinski definition) is 1. The van der Waals surface area contributed by atoms with Crippen molar-refractivity contribution in [2.24, 2.45) is 0 Å². The summed E-state index contributed by atoms with van der Waals surface area (Å²) in [5.41, 5.74) is 0. The molecule has 10 heteroatoms. The molecule has 2 aliphatic rings. The molecular weight excluding hydrogens is 408 g/mol. The van der Waals surface area contributed by atoms with Crippen LogP contribution in [0.4, 0.5) is 8.78 Å². The minimum atomic E-state index is -0.889. The molecule has 0 radical (unpaired) electrons. The van der Waals surface area contributed by atoms with Crippen molar-refractivity contribution >= 4 is 30.1 Å². The van der Waals surface area contributed by atoms with Crippen molar-refractivity contribution in [3.63, 3.8) is 0 Å². The number of nitrogens with zero attached hydrogens (tertiary/aromatic N) is 4. The van der Waals surface area contributed by atoms with E-state index in [9.17, 15) is 13.6 Å². The van der Waals surface area contributed by atoms with Crippen LogP contribution in [0.2, 0.25) is 0 Å². The van der Waals surface area contributed by atoms with Gasteiger partial charge in [0.05, 0.1) is 12.3 Å². The van der Waals surface area contributed by atoms with Crippen molar-refractivity contribution in [1.29, 1.82) is 0 Å². The topological polar surface area (TPSA) is 63.1 Å². The first-order valence-electron chi connectivity index (χ1n) is 9.10. The van der Waals surface area contributed by atoms with Crippen LogP contribution in [0.5, 0.6) is 0 Å². The van der Waals surface area contributed by atoms with Crippen LogP contribution in [0.1, 0.15) is 30.4 Å². The summed E-state index contributed by atoms with van der Waals surface area (Å²) in [6, 6.07) is 3.71. The molecule has 152 valence electrons. The number of benzene rings is 1. The third-order valence-corrected chi connectivity index (χ3v) is 6.10. The Morgan fingerprint density at radius 2 is 1.96 bits per heavy atom. The van der Waals surface area contributed by atoms with E-state index >= 15 is 0 Å². The van der Waals surface area contributed by atoms with Gasteiger partial charge in [0.15, 0.2) is 11.6 Å². The van der Waals surface area contributed by atoms with Gasteiger partial charge in [0.1, 0.15) is 11.6 Å². The highest BCUT2D eigenvalue weighted by molar-refractivity contribution is 8.00. The second kappa shape index (κ2) is 9.19. The second-order valence-electron chi connectivity index (χ2n) is 6.82. The van der Waals surface area contributed by atoms with Crippen molar-refractivity contribution in [2.75, 3.05) is 25.4 Å². The Labute approximate surface area is 172 Å². The molecule has 1 N–H and O–H groups in total. The van der Waals surface area contributed by atoms with Gasteiger partial charge in [-0.15, -0.1) is 34.4 Å². The van der Waals surface area contributed by atoms with Crippen LogP contribution in [0.25, 0.3) is 0 Å². The smallest absolute Gasteiger partial charge is 0.232 e. The van der Waals surface area contributed by atoms with Gasteiger partial charge >= 0.3 is 0 Å². The average molecular weight is 430 g/mol. The molecule has 1 aromatic heterocycles. The van der Waals surface area contributed by atoms with Crippen LogP contribution in [0.3, 0.4) is 0 Å². The Hall–Kier alpha value is -1.71. The van der Waals surface area contributed by atoms with Crippen molar-refractivity contribution in [1.82, 2.24) is 25.0 Å². The molecular formula is C18H22ClF2N5OS. The van der Waals surface area contributed by atoms with Crippen LogP contribution >= 0.6 is 24.2 Å². The summed E-state index contributed by atoms with van der Waals surface area (Å²) in [7, 11) is 0. The lowest BCUT2D eigenvalue weighted by atomic mass is 9.95. The van der Waals surface area contributed by atoms with E-state index < -0.39 is 11.6 Å². The van der Waals surface area contributed by atoms with Gasteiger partial charge in [0, 0.05) is 37.0 Å². The number of likely N-dealkylation sites (tertiary alicyclic amines) is 1. The molecule has 2 aliphatic heterocycles. The van der Waals surface area contributed by atoms with Gasteiger partial charge < -0.3 is 14.8 Å². The monoisotopic (exact) mass is 429 g/mol. The van der Waals surface area contributed by atoms with Crippen molar-refractivity contribution in [3.8, 4) is 0 Å². The van der Waals surface area contributed by atoms with Gasteiger partial charge in [0.2, 0.25) is 5.91 Å². The molecule has 0 bridgehead atoms. The standard InChI is InChI=1S/C18H21F2N5OS.ClH/c19-14-2-1-13(9-15(14)20)27-11-17(26)24-6-3-12(4-7-24)18-23-22-16-10-21-5-8-25(16)18;/h1-2,9,12,21H,3-8,10-11H2;1H. The summed E-state index contributed by atoms with van der Waals surface area (Å²) < 4.78 is 28.4. The van der Waals surface area contributed by atoms with Gasteiger partial charge in [-0.1, -0.05) is 0 Å². The van der Waals surface area contributed by atoms with E-state index in [4.69, 9.17) is 0 Å². The third kappa shape index (κ3) is 4.47.